The fraction of sp³-hybridized carbons (Fsp3) is 0.571. The van der Waals surface area contributed by atoms with Crippen LogP contribution in [0.15, 0.2) is 30.3 Å². The van der Waals surface area contributed by atoms with Crippen LogP contribution in [0.2, 0.25) is 0 Å². The van der Waals surface area contributed by atoms with Crippen molar-refractivity contribution in [3.05, 3.63) is 35.9 Å². The molecular weight excluding hydrogens is 356 g/mol. The third kappa shape index (κ3) is 3.39. The van der Waals surface area contributed by atoms with E-state index >= 15 is 0 Å². The molecule has 0 unspecified atom stereocenters. The molecule has 3 aliphatic heterocycles. The highest BCUT2D eigenvalue weighted by molar-refractivity contribution is 5.94. The molecule has 1 aromatic rings. The summed E-state index contributed by atoms with van der Waals surface area (Å²) in [6, 6.07) is 8.55. The van der Waals surface area contributed by atoms with Crippen LogP contribution in [0, 0.1) is 0 Å². The van der Waals surface area contributed by atoms with Gasteiger partial charge in [0.1, 0.15) is 12.1 Å². The van der Waals surface area contributed by atoms with Gasteiger partial charge in [0.2, 0.25) is 17.7 Å². The number of rotatable bonds is 4. The van der Waals surface area contributed by atoms with E-state index in [-0.39, 0.29) is 23.8 Å². The van der Waals surface area contributed by atoms with E-state index in [0.29, 0.717) is 19.5 Å². The van der Waals surface area contributed by atoms with Gasteiger partial charge < -0.3 is 20.9 Å². The Labute approximate surface area is 165 Å². The predicted octanol–water partition coefficient (Wildman–Crippen LogP) is 0.599. The Hall–Kier alpha value is -2.41. The molecule has 7 heteroatoms. The van der Waals surface area contributed by atoms with Crippen LogP contribution in [0.5, 0.6) is 0 Å². The highest BCUT2D eigenvalue weighted by atomic mass is 16.2. The molecule has 3 fully saturated rings. The maximum atomic E-state index is 13.6. The third-order valence-electron chi connectivity index (χ3n) is 6.38. The van der Waals surface area contributed by atoms with Crippen molar-refractivity contribution in [2.45, 2.75) is 56.1 Å². The zero-order valence-corrected chi connectivity index (χ0v) is 16.0. The Morgan fingerprint density at radius 3 is 2.39 bits per heavy atom. The molecule has 0 aliphatic carbocycles. The Bertz CT molecular complexity index is 747. The molecule has 3 aliphatic rings. The minimum Gasteiger partial charge on any atom is -0.368 e. The van der Waals surface area contributed by atoms with Gasteiger partial charge in [0.25, 0.3) is 0 Å². The quantitative estimate of drug-likeness (QED) is 0.795. The fourth-order valence-corrected chi connectivity index (χ4v) is 4.99. The number of amides is 3. The van der Waals surface area contributed by atoms with E-state index < -0.39 is 18.0 Å². The average molecular weight is 384 g/mol. The molecule has 4 atom stereocenters. The van der Waals surface area contributed by atoms with Gasteiger partial charge in [0.05, 0.1) is 6.04 Å². The van der Waals surface area contributed by atoms with E-state index in [1.165, 1.54) is 0 Å². The number of carbonyl (C=O) groups excluding carboxylic acids is 3. The molecule has 0 spiro atoms. The Balaban J connectivity index is 1.64. The second kappa shape index (κ2) is 7.91. The average Bonchev–Trinajstić information content (AvgIpc) is 3.47. The Morgan fingerprint density at radius 2 is 1.71 bits per heavy atom. The third-order valence-corrected chi connectivity index (χ3v) is 6.38. The minimum absolute atomic E-state index is 0.00380. The number of hydrogen-bond donors (Lipinski definition) is 2. The van der Waals surface area contributed by atoms with Crippen molar-refractivity contribution >= 4 is 17.7 Å². The summed E-state index contributed by atoms with van der Waals surface area (Å²) in [4.78, 5) is 42.0. The molecule has 3 N–H and O–H groups in total. The largest absolute Gasteiger partial charge is 0.368 e. The SMILES string of the molecule is NC(=O)[C@@H]1CCCN1C(=O)[C@@H]1[C@H](c2ccccc2)CCN1C(=O)[C@@H]1CCCN1. The van der Waals surface area contributed by atoms with Crippen molar-refractivity contribution in [1.82, 2.24) is 15.1 Å². The van der Waals surface area contributed by atoms with Gasteiger partial charge in [-0.3, -0.25) is 14.4 Å². The zero-order valence-electron chi connectivity index (χ0n) is 16.0. The van der Waals surface area contributed by atoms with Gasteiger partial charge in [-0.2, -0.15) is 0 Å². The van der Waals surface area contributed by atoms with Crippen LogP contribution in [-0.4, -0.2) is 65.3 Å². The molecular formula is C21H28N4O3. The number of primary amides is 1. The van der Waals surface area contributed by atoms with Crippen molar-refractivity contribution in [1.29, 1.82) is 0 Å². The molecule has 3 heterocycles. The summed E-state index contributed by atoms with van der Waals surface area (Å²) in [6.45, 7) is 1.91. The maximum absolute atomic E-state index is 13.6. The lowest BCUT2D eigenvalue weighted by molar-refractivity contribution is -0.147. The summed E-state index contributed by atoms with van der Waals surface area (Å²) in [6.07, 6.45) is 3.89. The summed E-state index contributed by atoms with van der Waals surface area (Å²) < 4.78 is 0. The van der Waals surface area contributed by atoms with Gasteiger partial charge in [-0.05, 0) is 44.2 Å². The molecule has 0 radical (unpaired) electrons. The number of nitrogens with zero attached hydrogens (tertiary/aromatic N) is 2. The Morgan fingerprint density at radius 1 is 0.929 bits per heavy atom. The standard InChI is InChI=1S/C21H28N4O3/c22-19(26)17-9-5-12-24(17)21(28)18-15(14-6-2-1-3-7-14)10-13-25(18)20(27)16-8-4-11-23-16/h1-3,6-7,15-18,23H,4-5,8-13H2,(H2,22,26)/t15-,16-,17-,18-/m0/s1. The first-order valence-electron chi connectivity index (χ1n) is 10.3. The van der Waals surface area contributed by atoms with Crippen LogP contribution in [0.1, 0.15) is 43.6 Å². The molecule has 0 saturated carbocycles. The fourth-order valence-electron chi connectivity index (χ4n) is 4.99. The second-order valence-electron chi connectivity index (χ2n) is 8.02. The minimum atomic E-state index is -0.572. The number of hydrogen-bond acceptors (Lipinski definition) is 4. The van der Waals surface area contributed by atoms with Crippen molar-refractivity contribution in [3.63, 3.8) is 0 Å². The van der Waals surface area contributed by atoms with Crippen LogP contribution >= 0.6 is 0 Å². The van der Waals surface area contributed by atoms with Crippen LogP contribution in [0.25, 0.3) is 0 Å². The van der Waals surface area contributed by atoms with Gasteiger partial charge in [0.15, 0.2) is 0 Å². The number of nitrogens with one attached hydrogen (secondary N) is 1. The number of likely N-dealkylation sites (tertiary alicyclic amines) is 2. The van der Waals surface area contributed by atoms with E-state index in [9.17, 15) is 14.4 Å². The molecule has 28 heavy (non-hydrogen) atoms. The lowest BCUT2D eigenvalue weighted by atomic mass is 9.90. The first-order chi connectivity index (χ1) is 13.6. The first-order valence-corrected chi connectivity index (χ1v) is 10.3. The molecule has 0 aromatic heterocycles. The monoisotopic (exact) mass is 384 g/mol. The van der Waals surface area contributed by atoms with E-state index in [4.69, 9.17) is 5.73 Å². The highest BCUT2D eigenvalue weighted by Crippen LogP contribution is 2.36. The molecule has 0 bridgehead atoms. The van der Waals surface area contributed by atoms with Gasteiger partial charge in [-0.25, -0.2) is 0 Å². The molecule has 150 valence electrons. The summed E-state index contributed by atoms with van der Waals surface area (Å²) >= 11 is 0. The van der Waals surface area contributed by atoms with Gasteiger partial charge >= 0.3 is 0 Å². The van der Waals surface area contributed by atoms with Gasteiger partial charge in [-0.15, -0.1) is 0 Å². The zero-order chi connectivity index (χ0) is 19.7. The number of benzene rings is 1. The summed E-state index contributed by atoms with van der Waals surface area (Å²) in [5, 5.41) is 3.25. The van der Waals surface area contributed by atoms with Gasteiger partial charge in [0, 0.05) is 19.0 Å². The summed E-state index contributed by atoms with van der Waals surface area (Å²) in [7, 11) is 0. The lowest BCUT2D eigenvalue weighted by Gasteiger charge is -2.34. The highest BCUT2D eigenvalue weighted by Gasteiger charge is 2.48. The maximum Gasteiger partial charge on any atom is 0.246 e. The topological polar surface area (TPSA) is 95.7 Å². The molecule has 1 aromatic carbocycles. The van der Waals surface area contributed by atoms with E-state index in [0.717, 1.165) is 37.8 Å². The predicted molar refractivity (Wildman–Crippen MR) is 104 cm³/mol. The van der Waals surface area contributed by atoms with E-state index in [1.54, 1.807) is 9.80 Å². The molecule has 4 rings (SSSR count). The van der Waals surface area contributed by atoms with Crippen molar-refractivity contribution in [3.8, 4) is 0 Å². The van der Waals surface area contributed by atoms with Crippen molar-refractivity contribution < 1.29 is 14.4 Å². The van der Waals surface area contributed by atoms with Crippen molar-refractivity contribution in [2.75, 3.05) is 19.6 Å². The molecule has 7 nitrogen and oxygen atoms in total. The molecule has 3 saturated heterocycles. The summed E-state index contributed by atoms with van der Waals surface area (Å²) in [5.74, 6) is -0.660. The second-order valence-corrected chi connectivity index (χ2v) is 8.02. The smallest absolute Gasteiger partial charge is 0.246 e. The summed E-state index contributed by atoms with van der Waals surface area (Å²) in [5.41, 5.74) is 6.60. The number of nitrogens with two attached hydrogens (primary N) is 1. The van der Waals surface area contributed by atoms with Crippen LogP contribution in [0.3, 0.4) is 0 Å². The lowest BCUT2D eigenvalue weighted by Crippen LogP contribution is -2.55. The normalized spacial score (nSPS) is 30.0. The Kier molecular flexibility index (Phi) is 5.35. The van der Waals surface area contributed by atoms with Gasteiger partial charge in [-0.1, -0.05) is 30.3 Å². The number of carbonyl (C=O) groups is 3. The van der Waals surface area contributed by atoms with Crippen molar-refractivity contribution in [2.24, 2.45) is 5.73 Å². The van der Waals surface area contributed by atoms with Crippen LogP contribution in [-0.2, 0) is 14.4 Å². The first kappa shape index (κ1) is 18.9. The van der Waals surface area contributed by atoms with Crippen LogP contribution < -0.4 is 11.1 Å². The van der Waals surface area contributed by atoms with E-state index in [1.807, 2.05) is 30.3 Å². The van der Waals surface area contributed by atoms with E-state index in [2.05, 4.69) is 5.32 Å². The molecule has 3 amide bonds. The van der Waals surface area contributed by atoms with Crippen LogP contribution in [0.4, 0.5) is 0 Å².